The maximum absolute atomic E-state index is 5.39. The molecule has 1 aliphatic rings. The van der Waals surface area contributed by atoms with Crippen molar-refractivity contribution in [3.8, 4) is 0 Å². The van der Waals surface area contributed by atoms with Crippen molar-refractivity contribution in [3.63, 3.8) is 0 Å². The summed E-state index contributed by atoms with van der Waals surface area (Å²) in [5.74, 6) is 0. The van der Waals surface area contributed by atoms with Crippen LogP contribution in [0.2, 0.25) is 0 Å². The fraction of sp³-hybridized carbons (Fsp3) is 0.778. The van der Waals surface area contributed by atoms with E-state index in [1.165, 1.54) is 12.8 Å². The Balaban J connectivity index is 2.39. The zero-order chi connectivity index (χ0) is 7.45. The van der Waals surface area contributed by atoms with Crippen molar-refractivity contribution in [2.45, 2.75) is 26.2 Å². The molecular formula is C9H16O. The van der Waals surface area contributed by atoms with Gasteiger partial charge in [0.15, 0.2) is 0 Å². The van der Waals surface area contributed by atoms with E-state index < -0.39 is 0 Å². The van der Waals surface area contributed by atoms with Crippen molar-refractivity contribution >= 4 is 0 Å². The van der Waals surface area contributed by atoms with Crippen molar-refractivity contribution < 1.29 is 4.74 Å². The van der Waals surface area contributed by atoms with Gasteiger partial charge in [-0.15, -0.1) is 6.58 Å². The molecule has 1 aliphatic heterocycles. The molecule has 0 bridgehead atoms. The summed E-state index contributed by atoms with van der Waals surface area (Å²) >= 11 is 0. The van der Waals surface area contributed by atoms with E-state index in [9.17, 15) is 0 Å². The van der Waals surface area contributed by atoms with Crippen LogP contribution in [0.3, 0.4) is 0 Å². The maximum Gasteiger partial charge on any atom is 0.0522 e. The highest BCUT2D eigenvalue weighted by atomic mass is 16.5. The molecule has 0 aliphatic carbocycles. The molecule has 1 fully saturated rings. The molecule has 0 amide bonds. The Kier molecular flexibility index (Phi) is 2.50. The van der Waals surface area contributed by atoms with Gasteiger partial charge in [-0.1, -0.05) is 13.0 Å². The summed E-state index contributed by atoms with van der Waals surface area (Å²) in [7, 11) is 0. The van der Waals surface area contributed by atoms with Gasteiger partial charge in [-0.3, -0.25) is 0 Å². The molecule has 0 aromatic carbocycles. The molecule has 1 heteroatoms. The van der Waals surface area contributed by atoms with Crippen molar-refractivity contribution in [1.29, 1.82) is 0 Å². The lowest BCUT2D eigenvalue weighted by Gasteiger charge is -2.32. The van der Waals surface area contributed by atoms with E-state index in [4.69, 9.17) is 4.74 Å². The van der Waals surface area contributed by atoms with E-state index >= 15 is 0 Å². The number of hydrogen-bond donors (Lipinski definition) is 0. The van der Waals surface area contributed by atoms with Crippen LogP contribution in [0.5, 0.6) is 0 Å². The first-order valence-corrected chi connectivity index (χ1v) is 3.95. The average Bonchev–Trinajstić information content (AvgIpc) is 1.89. The molecule has 0 radical (unpaired) electrons. The highest BCUT2D eigenvalue weighted by Crippen LogP contribution is 2.31. The molecule has 0 aromatic heterocycles. The molecule has 10 heavy (non-hydrogen) atoms. The van der Waals surface area contributed by atoms with Crippen LogP contribution in [0.15, 0.2) is 12.7 Å². The van der Waals surface area contributed by atoms with Crippen LogP contribution in [0.1, 0.15) is 26.2 Å². The standard InChI is InChI=1S/C9H16O/c1-3-5-9(2)6-4-7-10-8-9/h3H,1,4-8H2,2H3/t9-/m1/s1. The number of rotatable bonds is 2. The van der Waals surface area contributed by atoms with Gasteiger partial charge >= 0.3 is 0 Å². The van der Waals surface area contributed by atoms with Crippen molar-refractivity contribution in [1.82, 2.24) is 0 Å². The lowest BCUT2D eigenvalue weighted by Crippen LogP contribution is -2.27. The van der Waals surface area contributed by atoms with Crippen molar-refractivity contribution in [2.24, 2.45) is 5.41 Å². The SMILES string of the molecule is C=CC[C@]1(C)CCCOC1. The number of allylic oxidation sites excluding steroid dienone is 1. The third kappa shape index (κ3) is 1.84. The first kappa shape index (κ1) is 7.80. The summed E-state index contributed by atoms with van der Waals surface area (Å²) < 4.78 is 5.39. The van der Waals surface area contributed by atoms with E-state index in [0.29, 0.717) is 5.41 Å². The van der Waals surface area contributed by atoms with Gasteiger partial charge in [0.05, 0.1) is 6.61 Å². The molecule has 0 spiro atoms. The molecule has 1 atom stereocenters. The zero-order valence-electron chi connectivity index (χ0n) is 6.73. The van der Waals surface area contributed by atoms with Gasteiger partial charge in [0, 0.05) is 6.61 Å². The third-order valence-electron chi connectivity index (χ3n) is 2.16. The summed E-state index contributed by atoms with van der Waals surface area (Å²) in [4.78, 5) is 0. The lowest BCUT2D eigenvalue weighted by molar-refractivity contribution is 0.00424. The van der Waals surface area contributed by atoms with Crippen LogP contribution in [0.25, 0.3) is 0 Å². The summed E-state index contributed by atoms with van der Waals surface area (Å²) in [5.41, 5.74) is 0.389. The minimum absolute atomic E-state index is 0.389. The van der Waals surface area contributed by atoms with Gasteiger partial charge in [0.2, 0.25) is 0 Å². The second kappa shape index (κ2) is 3.20. The van der Waals surface area contributed by atoms with Gasteiger partial charge in [-0.2, -0.15) is 0 Å². The van der Waals surface area contributed by atoms with Gasteiger partial charge < -0.3 is 4.74 Å². The Hall–Kier alpha value is -0.300. The number of ether oxygens (including phenoxy) is 1. The molecule has 58 valence electrons. The van der Waals surface area contributed by atoms with Gasteiger partial charge in [-0.25, -0.2) is 0 Å². The molecule has 0 saturated carbocycles. The van der Waals surface area contributed by atoms with E-state index in [-0.39, 0.29) is 0 Å². The largest absolute Gasteiger partial charge is 0.381 e. The summed E-state index contributed by atoms with van der Waals surface area (Å²) in [5, 5.41) is 0. The Bertz CT molecular complexity index is 112. The fourth-order valence-corrected chi connectivity index (χ4v) is 1.50. The lowest BCUT2D eigenvalue weighted by atomic mass is 9.82. The smallest absolute Gasteiger partial charge is 0.0522 e. The third-order valence-corrected chi connectivity index (χ3v) is 2.16. The maximum atomic E-state index is 5.39. The number of hydrogen-bond acceptors (Lipinski definition) is 1. The monoisotopic (exact) mass is 140 g/mol. The van der Waals surface area contributed by atoms with Crippen LogP contribution in [0, 0.1) is 5.41 Å². The van der Waals surface area contributed by atoms with Crippen LogP contribution in [-0.2, 0) is 4.74 Å². The van der Waals surface area contributed by atoms with E-state index in [0.717, 1.165) is 19.6 Å². The molecular weight excluding hydrogens is 124 g/mol. The summed E-state index contributed by atoms with van der Waals surface area (Å²) in [6.07, 6.45) is 5.59. The predicted molar refractivity (Wildman–Crippen MR) is 43.0 cm³/mol. The summed E-state index contributed by atoms with van der Waals surface area (Å²) in [6, 6.07) is 0. The fourth-order valence-electron chi connectivity index (χ4n) is 1.50. The average molecular weight is 140 g/mol. The molecule has 0 N–H and O–H groups in total. The second-order valence-electron chi connectivity index (χ2n) is 3.46. The van der Waals surface area contributed by atoms with Crippen LogP contribution in [-0.4, -0.2) is 13.2 Å². The van der Waals surface area contributed by atoms with Gasteiger partial charge in [0.25, 0.3) is 0 Å². The molecule has 1 saturated heterocycles. The summed E-state index contributed by atoms with van der Waals surface area (Å²) in [6.45, 7) is 7.88. The van der Waals surface area contributed by atoms with Crippen LogP contribution in [0.4, 0.5) is 0 Å². The first-order chi connectivity index (χ1) is 4.77. The molecule has 0 aromatic rings. The zero-order valence-corrected chi connectivity index (χ0v) is 6.73. The quantitative estimate of drug-likeness (QED) is 0.535. The van der Waals surface area contributed by atoms with Crippen molar-refractivity contribution in [2.75, 3.05) is 13.2 Å². The molecule has 0 unspecified atom stereocenters. The van der Waals surface area contributed by atoms with E-state index in [1.807, 2.05) is 6.08 Å². The Labute approximate surface area is 63.1 Å². The van der Waals surface area contributed by atoms with E-state index in [1.54, 1.807) is 0 Å². The van der Waals surface area contributed by atoms with Crippen LogP contribution >= 0.6 is 0 Å². The topological polar surface area (TPSA) is 9.23 Å². The predicted octanol–water partition coefficient (Wildman–Crippen LogP) is 2.38. The molecule has 1 heterocycles. The Morgan fingerprint density at radius 2 is 2.50 bits per heavy atom. The minimum atomic E-state index is 0.389. The van der Waals surface area contributed by atoms with E-state index in [2.05, 4.69) is 13.5 Å². The highest BCUT2D eigenvalue weighted by molar-refractivity contribution is 4.84. The highest BCUT2D eigenvalue weighted by Gasteiger charge is 2.25. The Morgan fingerprint density at radius 1 is 1.70 bits per heavy atom. The van der Waals surface area contributed by atoms with Gasteiger partial charge in [-0.05, 0) is 24.7 Å². The van der Waals surface area contributed by atoms with Gasteiger partial charge in [0.1, 0.15) is 0 Å². The van der Waals surface area contributed by atoms with Crippen molar-refractivity contribution in [3.05, 3.63) is 12.7 Å². The second-order valence-corrected chi connectivity index (χ2v) is 3.46. The molecule has 1 rings (SSSR count). The van der Waals surface area contributed by atoms with Crippen LogP contribution < -0.4 is 0 Å². The minimum Gasteiger partial charge on any atom is -0.381 e. The first-order valence-electron chi connectivity index (χ1n) is 3.95. The Morgan fingerprint density at radius 3 is 3.00 bits per heavy atom. The molecule has 1 nitrogen and oxygen atoms in total. The normalized spacial score (nSPS) is 33.7.